The van der Waals surface area contributed by atoms with E-state index in [2.05, 4.69) is 18.0 Å². The third kappa shape index (κ3) is 4.46. The molecule has 0 aromatic carbocycles. The zero-order valence-electron chi connectivity index (χ0n) is 9.46. The van der Waals surface area contributed by atoms with Crippen LogP contribution in [-0.2, 0) is 4.74 Å². The minimum atomic E-state index is 0.200. The monoisotopic (exact) mass is 208 g/mol. The molecular weight excluding hydrogens is 188 g/mol. The van der Waals surface area contributed by atoms with E-state index in [4.69, 9.17) is 10.00 Å². The van der Waals surface area contributed by atoms with Gasteiger partial charge in [0, 0.05) is 12.6 Å². The van der Waals surface area contributed by atoms with Crippen molar-refractivity contribution in [3.8, 4) is 6.07 Å². The first-order valence-corrected chi connectivity index (χ1v) is 5.59. The molecule has 15 heavy (non-hydrogen) atoms. The summed E-state index contributed by atoms with van der Waals surface area (Å²) in [5.41, 5.74) is 1.05. The maximum absolute atomic E-state index is 8.88. The lowest BCUT2D eigenvalue weighted by molar-refractivity contribution is 0.154. The van der Waals surface area contributed by atoms with Crippen molar-refractivity contribution >= 4 is 0 Å². The summed E-state index contributed by atoms with van der Waals surface area (Å²) >= 11 is 0. The van der Waals surface area contributed by atoms with Crippen molar-refractivity contribution in [1.82, 2.24) is 5.32 Å². The molecule has 0 spiro atoms. The average molecular weight is 208 g/mol. The third-order valence-corrected chi connectivity index (χ3v) is 2.68. The zero-order chi connectivity index (χ0) is 11.1. The minimum absolute atomic E-state index is 0.200. The van der Waals surface area contributed by atoms with Crippen molar-refractivity contribution in [2.75, 3.05) is 19.8 Å². The van der Waals surface area contributed by atoms with E-state index in [0.717, 1.165) is 25.0 Å². The van der Waals surface area contributed by atoms with E-state index >= 15 is 0 Å². The third-order valence-electron chi connectivity index (χ3n) is 2.68. The lowest BCUT2D eigenvalue weighted by atomic mass is 10.1. The van der Waals surface area contributed by atoms with Crippen LogP contribution in [0.3, 0.4) is 0 Å². The number of nitriles is 1. The van der Waals surface area contributed by atoms with Gasteiger partial charge in [-0.25, -0.2) is 0 Å². The highest BCUT2D eigenvalue weighted by Gasteiger charge is 2.25. The second-order valence-electron chi connectivity index (χ2n) is 4.24. The van der Waals surface area contributed by atoms with Crippen LogP contribution in [0, 0.1) is 17.2 Å². The molecule has 0 radical (unpaired) electrons. The van der Waals surface area contributed by atoms with Gasteiger partial charge < -0.3 is 10.1 Å². The molecule has 1 aliphatic carbocycles. The Morgan fingerprint density at radius 3 is 3.07 bits per heavy atom. The van der Waals surface area contributed by atoms with E-state index in [0.29, 0.717) is 19.3 Å². The van der Waals surface area contributed by atoms with Gasteiger partial charge in [-0.1, -0.05) is 18.6 Å². The molecule has 1 saturated carbocycles. The van der Waals surface area contributed by atoms with Crippen LogP contribution in [-0.4, -0.2) is 25.8 Å². The molecule has 1 rings (SSSR count). The van der Waals surface area contributed by atoms with Crippen molar-refractivity contribution in [3.63, 3.8) is 0 Å². The highest BCUT2D eigenvalue weighted by atomic mass is 16.5. The fourth-order valence-electron chi connectivity index (χ4n) is 1.92. The van der Waals surface area contributed by atoms with Crippen LogP contribution in [0.1, 0.15) is 26.2 Å². The second-order valence-corrected chi connectivity index (χ2v) is 4.24. The summed E-state index contributed by atoms with van der Waals surface area (Å²) in [5.74, 6) is 0.200. The summed E-state index contributed by atoms with van der Waals surface area (Å²) in [5, 5.41) is 12.3. The minimum Gasteiger partial charge on any atom is -0.376 e. The number of rotatable bonds is 6. The highest BCUT2D eigenvalue weighted by molar-refractivity contribution is 4.96. The molecule has 3 heteroatoms. The fourth-order valence-corrected chi connectivity index (χ4v) is 1.92. The summed E-state index contributed by atoms with van der Waals surface area (Å²) < 4.78 is 5.38. The number of ether oxygens (including phenoxy) is 1. The summed E-state index contributed by atoms with van der Waals surface area (Å²) in [6, 6.07) is 2.73. The lowest BCUT2D eigenvalue weighted by Gasteiger charge is -2.15. The predicted octanol–water partition coefficient (Wildman–Crippen LogP) is 1.86. The first kappa shape index (κ1) is 12.2. The summed E-state index contributed by atoms with van der Waals surface area (Å²) in [4.78, 5) is 0. The van der Waals surface area contributed by atoms with Crippen molar-refractivity contribution in [3.05, 3.63) is 12.2 Å². The highest BCUT2D eigenvalue weighted by Crippen LogP contribution is 2.24. The molecule has 1 aliphatic rings. The van der Waals surface area contributed by atoms with Crippen molar-refractivity contribution in [1.29, 1.82) is 5.26 Å². The Morgan fingerprint density at radius 1 is 1.60 bits per heavy atom. The van der Waals surface area contributed by atoms with Crippen molar-refractivity contribution in [2.24, 2.45) is 5.92 Å². The molecule has 2 unspecified atom stereocenters. The Hall–Kier alpha value is -0.850. The SMILES string of the molecule is C=C(C)COCCNC1CCCC1C#N. The molecule has 0 amide bonds. The van der Waals surface area contributed by atoms with Crippen LogP contribution in [0.4, 0.5) is 0 Å². The van der Waals surface area contributed by atoms with E-state index in [1.807, 2.05) is 6.92 Å². The molecular formula is C12H20N2O. The van der Waals surface area contributed by atoms with Crippen LogP contribution >= 0.6 is 0 Å². The van der Waals surface area contributed by atoms with Gasteiger partial charge in [0.15, 0.2) is 0 Å². The quantitative estimate of drug-likeness (QED) is 0.535. The molecule has 1 N–H and O–H groups in total. The smallest absolute Gasteiger partial charge is 0.0672 e. The Bertz CT molecular complexity index is 244. The van der Waals surface area contributed by atoms with E-state index in [1.54, 1.807) is 0 Å². The fraction of sp³-hybridized carbons (Fsp3) is 0.750. The van der Waals surface area contributed by atoms with Crippen LogP contribution in [0.25, 0.3) is 0 Å². The molecule has 3 nitrogen and oxygen atoms in total. The van der Waals surface area contributed by atoms with Crippen LogP contribution in [0.15, 0.2) is 12.2 Å². The molecule has 0 heterocycles. The van der Waals surface area contributed by atoms with Gasteiger partial charge in [-0.05, 0) is 19.8 Å². The zero-order valence-corrected chi connectivity index (χ0v) is 9.46. The van der Waals surface area contributed by atoms with E-state index in [-0.39, 0.29) is 5.92 Å². The van der Waals surface area contributed by atoms with Gasteiger partial charge in [0.05, 0.1) is 25.2 Å². The van der Waals surface area contributed by atoms with Crippen molar-refractivity contribution in [2.45, 2.75) is 32.2 Å². The van der Waals surface area contributed by atoms with Gasteiger partial charge in [0.1, 0.15) is 0 Å². The van der Waals surface area contributed by atoms with Gasteiger partial charge >= 0.3 is 0 Å². The van der Waals surface area contributed by atoms with Crippen LogP contribution in [0.5, 0.6) is 0 Å². The maximum atomic E-state index is 8.88. The topological polar surface area (TPSA) is 45.0 Å². The first-order valence-electron chi connectivity index (χ1n) is 5.59. The maximum Gasteiger partial charge on any atom is 0.0672 e. The lowest BCUT2D eigenvalue weighted by Crippen LogP contribution is -2.34. The largest absolute Gasteiger partial charge is 0.376 e. The Labute approximate surface area is 92.1 Å². The Balaban J connectivity index is 2.05. The summed E-state index contributed by atoms with van der Waals surface area (Å²) in [7, 11) is 0. The van der Waals surface area contributed by atoms with E-state index < -0.39 is 0 Å². The van der Waals surface area contributed by atoms with Gasteiger partial charge in [-0.15, -0.1) is 0 Å². The van der Waals surface area contributed by atoms with Crippen LogP contribution in [0.2, 0.25) is 0 Å². The average Bonchev–Trinajstić information content (AvgIpc) is 2.64. The van der Waals surface area contributed by atoms with E-state index in [1.165, 1.54) is 6.42 Å². The van der Waals surface area contributed by atoms with Crippen molar-refractivity contribution < 1.29 is 4.74 Å². The standard InChI is InChI=1S/C12H20N2O/c1-10(2)9-15-7-6-14-12-5-3-4-11(12)8-13/h11-12,14H,1,3-7,9H2,2H3. The molecule has 1 fully saturated rings. The normalized spacial score (nSPS) is 25.1. The second kappa shape index (κ2) is 6.60. The molecule has 0 bridgehead atoms. The number of hydrogen-bond donors (Lipinski definition) is 1. The Kier molecular flexibility index (Phi) is 5.38. The summed E-state index contributed by atoms with van der Waals surface area (Å²) in [6.45, 7) is 7.88. The predicted molar refractivity (Wildman–Crippen MR) is 60.4 cm³/mol. The molecule has 0 aromatic heterocycles. The molecule has 0 aromatic rings. The van der Waals surface area contributed by atoms with Gasteiger partial charge in [0.2, 0.25) is 0 Å². The van der Waals surface area contributed by atoms with E-state index in [9.17, 15) is 0 Å². The number of nitrogens with one attached hydrogen (secondary N) is 1. The van der Waals surface area contributed by atoms with Gasteiger partial charge in [0.25, 0.3) is 0 Å². The molecule has 2 atom stereocenters. The Morgan fingerprint density at radius 2 is 2.40 bits per heavy atom. The molecule has 84 valence electrons. The molecule has 0 saturated heterocycles. The van der Waals surface area contributed by atoms with Gasteiger partial charge in [-0.2, -0.15) is 5.26 Å². The number of hydrogen-bond acceptors (Lipinski definition) is 3. The number of nitrogens with zero attached hydrogens (tertiary/aromatic N) is 1. The van der Waals surface area contributed by atoms with Crippen LogP contribution < -0.4 is 5.32 Å². The molecule has 0 aliphatic heterocycles. The first-order chi connectivity index (χ1) is 7.24. The summed E-state index contributed by atoms with van der Waals surface area (Å²) in [6.07, 6.45) is 3.34. The van der Waals surface area contributed by atoms with Gasteiger partial charge in [-0.3, -0.25) is 0 Å².